The predicted octanol–water partition coefficient (Wildman–Crippen LogP) is 3.21. The Bertz CT molecular complexity index is 1200. The molecule has 4 aromatic heterocycles. The van der Waals surface area contributed by atoms with Gasteiger partial charge in [-0.3, -0.25) is 4.79 Å². The van der Waals surface area contributed by atoms with E-state index in [4.69, 9.17) is 9.26 Å². The maximum Gasteiger partial charge on any atom is 0.256 e. The van der Waals surface area contributed by atoms with Crippen LogP contribution in [0.25, 0.3) is 16.5 Å². The molecule has 5 heterocycles. The van der Waals surface area contributed by atoms with Crippen LogP contribution in [0.4, 0.5) is 0 Å². The lowest BCUT2D eigenvalue weighted by Gasteiger charge is -2.33. The zero-order chi connectivity index (χ0) is 21.4. The van der Waals surface area contributed by atoms with E-state index in [0.717, 1.165) is 16.3 Å². The summed E-state index contributed by atoms with van der Waals surface area (Å²) < 4.78 is 12.8. The zero-order valence-electron chi connectivity index (χ0n) is 17.1. The van der Waals surface area contributed by atoms with Gasteiger partial charge in [-0.2, -0.15) is 10.1 Å². The molecule has 0 N–H and O–H groups in total. The summed E-state index contributed by atoms with van der Waals surface area (Å²) in [4.78, 5) is 24.8. The average Bonchev–Trinajstić information content (AvgIpc) is 3.54. The van der Waals surface area contributed by atoms with Crippen LogP contribution < -0.4 is 0 Å². The Hall–Kier alpha value is -3.37. The fourth-order valence-electron chi connectivity index (χ4n) is 3.59. The molecule has 1 aliphatic heterocycles. The van der Waals surface area contributed by atoms with E-state index in [-0.39, 0.29) is 5.91 Å². The Labute approximate surface area is 182 Å². The van der Waals surface area contributed by atoms with E-state index in [2.05, 4.69) is 20.2 Å². The molecule has 10 heteroatoms. The van der Waals surface area contributed by atoms with Crippen molar-refractivity contribution in [3.05, 3.63) is 64.8 Å². The number of carbonyl (C=O) groups is 1. The lowest BCUT2D eigenvalue weighted by atomic mass is 10.1. The van der Waals surface area contributed by atoms with Gasteiger partial charge in [-0.05, 0) is 43.5 Å². The Morgan fingerprint density at radius 3 is 2.87 bits per heavy atom. The van der Waals surface area contributed by atoms with Crippen molar-refractivity contribution in [1.82, 2.24) is 29.8 Å². The van der Waals surface area contributed by atoms with Crippen LogP contribution in [0.2, 0.25) is 0 Å². The van der Waals surface area contributed by atoms with Gasteiger partial charge in [0.2, 0.25) is 5.82 Å². The van der Waals surface area contributed by atoms with E-state index < -0.39 is 6.04 Å². The molecule has 1 aliphatic rings. The predicted molar refractivity (Wildman–Crippen MR) is 113 cm³/mol. The Morgan fingerprint density at radius 2 is 2.16 bits per heavy atom. The minimum Gasteiger partial charge on any atom is -0.377 e. The van der Waals surface area contributed by atoms with Crippen LogP contribution in [-0.4, -0.2) is 55.5 Å². The standard InChI is InChI=1S/C21H20N6O3S/c1-13-10-14(2)27(24-13)18-6-5-15(11-22-18)21(28)26-7-8-29-12-16(26)20-23-19(25-30-20)17-4-3-9-31-17/h3-6,9-11,16H,7-8,12H2,1-2H3. The smallest absolute Gasteiger partial charge is 0.256 e. The van der Waals surface area contributed by atoms with Crippen molar-refractivity contribution in [2.75, 3.05) is 19.8 Å². The van der Waals surface area contributed by atoms with Crippen molar-refractivity contribution in [1.29, 1.82) is 0 Å². The van der Waals surface area contributed by atoms with Crippen LogP contribution in [0.3, 0.4) is 0 Å². The third-order valence-corrected chi connectivity index (χ3v) is 5.94. The number of ether oxygens (including phenoxy) is 1. The van der Waals surface area contributed by atoms with E-state index in [1.165, 1.54) is 11.3 Å². The fourth-order valence-corrected chi connectivity index (χ4v) is 4.24. The normalized spacial score (nSPS) is 16.6. The number of aromatic nitrogens is 5. The number of thiophene rings is 1. The lowest BCUT2D eigenvalue weighted by molar-refractivity contribution is -0.0119. The Balaban J connectivity index is 1.39. The molecule has 9 nitrogen and oxygen atoms in total. The van der Waals surface area contributed by atoms with Crippen LogP contribution in [-0.2, 0) is 4.74 Å². The molecule has 31 heavy (non-hydrogen) atoms. The van der Waals surface area contributed by atoms with E-state index in [1.54, 1.807) is 27.9 Å². The first-order valence-corrected chi connectivity index (χ1v) is 10.7. The molecule has 0 aliphatic carbocycles. The van der Waals surface area contributed by atoms with Crippen LogP contribution in [0.1, 0.15) is 33.7 Å². The number of hydrogen-bond donors (Lipinski definition) is 0. The molecule has 4 aromatic rings. The second-order valence-electron chi connectivity index (χ2n) is 7.27. The molecule has 0 bridgehead atoms. The van der Waals surface area contributed by atoms with Gasteiger partial charge >= 0.3 is 0 Å². The summed E-state index contributed by atoms with van der Waals surface area (Å²) in [5.41, 5.74) is 2.38. The fraction of sp³-hybridized carbons (Fsp3) is 0.286. The quantitative estimate of drug-likeness (QED) is 0.484. The first kappa shape index (κ1) is 19.6. The van der Waals surface area contributed by atoms with Crippen molar-refractivity contribution in [2.45, 2.75) is 19.9 Å². The van der Waals surface area contributed by atoms with Gasteiger partial charge < -0.3 is 14.2 Å². The molecule has 0 saturated carbocycles. The van der Waals surface area contributed by atoms with Gasteiger partial charge in [0.15, 0.2) is 5.82 Å². The SMILES string of the molecule is Cc1cc(C)n(-c2ccc(C(=O)N3CCOCC3c3nc(-c4cccs4)no3)cn2)n1. The molecule has 1 saturated heterocycles. The topological polar surface area (TPSA) is 99.2 Å². The minimum absolute atomic E-state index is 0.156. The molecule has 0 radical (unpaired) electrons. The summed E-state index contributed by atoms with van der Waals surface area (Å²) in [6, 6.07) is 8.95. The first-order chi connectivity index (χ1) is 15.1. The Kier molecular flexibility index (Phi) is 5.08. The molecule has 158 valence electrons. The van der Waals surface area contributed by atoms with Crippen molar-refractivity contribution in [3.63, 3.8) is 0 Å². The van der Waals surface area contributed by atoms with Crippen LogP contribution in [0, 0.1) is 13.8 Å². The third-order valence-electron chi connectivity index (χ3n) is 5.08. The monoisotopic (exact) mass is 436 g/mol. The molecular weight excluding hydrogens is 416 g/mol. The number of aryl methyl sites for hydroxylation is 2. The molecule has 1 fully saturated rings. The van der Waals surface area contributed by atoms with E-state index in [0.29, 0.717) is 42.9 Å². The first-order valence-electron chi connectivity index (χ1n) is 9.86. The van der Waals surface area contributed by atoms with Crippen LogP contribution in [0.15, 0.2) is 46.4 Å². The van der Waals surface area contributed by atoms with Gasteiger partial charge in [0.1, 0.15) is 6.04 Å². The molecule has 5 rings (SSSR count). The van der Waals surface area contributed by atoms with Gasteiger partial charge in [0, 0.05) is 18.4 Å². The third kappa shape index (κ3) is 3.75. The molecule has 1 unspecified atom stereocenters. The molecular formula is C21H20N6O3S. The van der Waals surface area contributed by atoms with Crippen molar-refractivity contribution in [2.24, 2.45) is 0 Å². The molecule has 1 amide bonds. The number of carbonyl (C=O) groups excluding carboxylic acids is 1. The zero-order valence-corrected chi connectivity index (χ0v) is 17.9. The summed E-state index contributed by atoms with van der Waals surface area (Å²) in [6.45, 7) is 5.08. The summed E-state index contributed by atoms with van der Waals surface area (Å²) in [5, 5.41) is 10.5. The van der Waals surface area contributed by atoms with Gasteiger partial charge in [0.05, 0.1) is 29.3 Å². The molecule has 0 aromatic carbocycles. The van der Waals surface area contributed by atoms with E-state index in [1.807, 2.05) is 37.4 Å². The number of nitrogens with zero attached hydrogens (tertiary/aromatic N) is 6. The second-order valence-corrected chi connectivity index (χ2v) is 8.21. The second kappa shape index (κ2) is 8.05. The number of rotatable bonds is 4. The minimum atomic E-state index is -0.446. The van der Waals surface area contributed by atoms with Gasteiger partial charge in [0.25, 0.3) is 11.8 Å². The van der Waals surface area contributed by atoms with Crippen molar-refractivity contribution in [3.8, 4) is 16.5 Å². The van der Waals surface area contributed by atoms with Crippen molar-refractivity contribution < 1.29 is 14.1 Å². The lowest BCUT2D eigenvalue weighted by Crippen LogP contribution is -2.43. The largest absolute Gasteiger partial charge is 0.377 e. The van der Waals surface area contributed by atoms with Crippen LogP contribution >= 0.6 is 11.3 Å². The average molecular weight is 436 g/mol. The highest BCUT2D eigenvalue weighted by Crippen LogP contribution is 2.28. The van der Waals surface area contributed by atoms with E-state index >= 15 is 0 Å². The number of amides is 1. The van der Waals surface area contributed by atoms with Gasteiger partial charge in [-0.25, -0.2) is 9.67 Å². The highest BCUT2D eigenvalue weighted by atomic mass is 32.1. The van der Waals surface area contributed by atoms with E-state index in [9.17, 15) is 4.79 Å². The highest BCUT2D eigenvalue weighted by molar-refractivity contribution is 7.13. The maximum atomic E-state index is 13.3. The summed E-state index contributed by atoms with van der Waals surface area (Å²) in [5.74, 6) is 1.39. The highest BCUT2D eigenvalue weighted by Gasteiger charge is 2.33. The van der Waals surface area contributed by atoms with Crippen LogP contribution in [0.5, 0.6) is 0 Å². The Morgan fingerprint density at radius 1 is 1.26 bits per heavy atom. The summed E-state index contributed by atoms with van der Waals surface area (Å²) >= 11 is 1.53. The summed E-state index contributed by atoms with van der Waals surface area (Å²) in [7, 11) is 0. The van der Waals surface area contributed by atoms with Crippen molar-refractivity contribution >= 4 is 17.2 Å². The van der Waals surface area contributed by atoms with Gasteiger partial charge in [-0.1, -0.05) is 11.2 Å². The number of morpholine rings is 1. The summed E-state index contributed by atoms with van der Waals surface area (Å²) in [6.07, 6.45) is 1.57. The molecule has 1 atom stereocenters. The van der Waals surface area contributed by atoms with Gasteiger partial charge in [-0.15, -0.1) is 11.3 Å². The maximum absolute atomic E-state index is 13.3. The number of hydrogen-bond acceptors (Lipinski definition) is 8. The number of pyridine rings is 1. The molecule has 0 spiro atoms.